The van der Waals surface area contributed by atoms with Crippen molar-refractivity contribution in [1.82, 2.24) is 16.0 Å². The zero-order valence-electron chi connectivity index (χ0n) is 31.9. The summed E-state index contributed by atoms with van der Waals surface area (Å²) < 4.78 is 16.8. The number of aliphatic hydroxyl groups is 2. The maximum atomic E-state index is 14.1. The molecule has 53 heavy (non-hydrogen) atoms. The zero-order valence-corrected chi connectivity index (χ0v) is 31.9. The second-order valence-corrected chi connectivity index (χ2v) is 16.3. The lowest BCUT2D eigenvalue weighted by Gasteiger charge is -2.60. The van der Waals surface area contributed by atoms with Gasteiger partial charge in [0.25, 0.3) is 5.91 Å². The highest BCUT2D eigenvalue weighted by molar-refractivity contribution is 6.23. The van der Waals surface area contributed by atoms with Crippen molar-refractivity contribution in [2.24, 2.45) is 29.4 Å². The lowest BCUT2D eigenvalue weighted by Crippen LogP contribution is -2.65. The molecule has 1 heterocycles. The van der Waals surface area contributed by atoms with Gasteiger partial charge < -0.3 is 46.1 Å². The lowest BCUT2D eigenvalue weighted by molar-refractivity contribution is -0.142. The fraction of sp³-hybridized carbons (Fsp3) is 0.650. The summed E-state index contributed by atoms with van der Waals surface area (Å²) in [5.41, 5.74) is 5.85. The molecule has 6 bridgehead atoms. The van der Waals surface area contributed by atoms with Gasteiger partial charge in [0, 0.05) is 56.0 Å². The molecule has 13 nitrogen and oxygen atoms in total. The summed E-state index contributed by atoms with van der Waals surface area (Å²) in [6, 6.07) is 0. The van der Waals surface area contributed by atoms with E-state index in [0.29, 0.717) is 36.9 Å². The predicted octanol–water partition coefficient (Wildman–Crippen LogP) is 3.02. The number of hydrogen-bond acceptors (Lipinski definition) is 11. The Kier molecular flexibility index (Phi) is 12.9. The van der Waals surface area contributed by atoms with Crippen molar-refractivity contribution in [2.45, 2.75) is 115 Å². The van der Waals surface area contributed by atoms with Gasteiger partial charge in [-0.2, -0.15) is 0 Å². The highest BCUT2D eigenvalue weighted by Gasteiger charge is 2.56. The van der Waals surface area contributed by atoms with Crippen LogP contribution in [0.2, 0.25) is 0 Å². The van der Waals surface area contributed by atoms with Gasteiger partial charge in [0.2, 0.25) is 11.6 Å². The van der Waals surface area contributed by atoms with E-state index in [1.165, 1.54) is 26.7 Å². The summed E-state index contributed by atoms with van der Waals surface area (Å²) in [4.78, 5) is 52.9. The van der Waals surface area contributed by atoms with Crippen LogP contribution in [-0.4, -0.2) is 96.6 Å². The molecule has 13 heteroatoms. The van der Waals surface area contributed by atoms with Gasteiger partial charge in [0.05, 0.1) is 29.2 Å². The molecule has 0 aromatic heterocycles. The van der Waals surface area contributed by atoms with Crippen LogP contribution >= 0.6 is 0 Å². The van der Waals surface area contributed by atoms with Gasteiger partial charge >= 0.3 is 6.09 Å². The van der Waals surface area contributed by atoms with E-state index in [9.17, 15) is 29.4 Å². The smallest absolute Gasteiger partial charge is 0.405 e. The number of ketones is 2. The minimum absolute atomic E-state index is 0.114. The minimum atomic E-state index is -1.00. The molecule has 6 aliphatic rings. The molecule has 4 saturated carbocycles. The summed E-state index contributed by atoms with van der Waals surface area (Å²) in [7, 11) is 2.95. The number of primary amides is 1. The van der Waals surface area contributed by atoms with Gasteiger partial charge in [0.1, 0.15) is 6.10 Å². The third-order valence-electron chi connectivity index (χ3n) is 11.8. The molecule has 0 aromatic carbocycles. The van der Waals surface area contributed by atoms with E-state index in [4.69, 9.17) is 19.9 Å². The van der Waals surface area contributed by atoms with E-state index >= 15 is 0 Å². The molecule has 292 valence electrons. The maximum absolute atomic E-state index is 14.1. The number of hydrogen-bond donors (Lipinski definition) is 6. The molecule has 4 fully saturated rings. The predicted molar refractivity (Wildman–Crippen MR) is 198 cm³/mol. The average molecular weight is 739 g/mol. The standard InChI is InChI=1S/C40H58N4O9/c1-22-12-28-33(42-10-11-43-39-17-26-15-27(18-39)20-40(50,19-26)21-39)30(45)16-29(35(28)47)44-37(48)23(2)8-7-9-31(51-5)36(53-38(41)49)25(4)14-24(3)34(46)32(13-22)52-6/h7-9,14,16,22,24,26-27,31-32,34,36,42-43,46,50H,10-13,15,17-21H2,1-6H3,(H2,41,49)(H,44,48)/b9-7-,23-8+,25-14+/t22-,24+,26?,27?,31+,32+,34-,36+,39?,40?/m1/s1. The number of carbonyl (C=O) groups excluding carboxylic acids is 4. The number of ether oxygens (including phenoxy) is 3. The van der Waals surface area contributed by atoms with Crippen LogP contribution in [0.4, 0.5) is 4.79 Å². The Balaban J connectivity index is 1.40. The molecule has 7 N–H and O–H groups in total. The summed E-state index contributed by atoms with van der Waals surface area (Å²) in [5, 5.41) is 32.2. The van der Waals surface area contributed by atoms with Gasteiger partial charge in [0.15, 0.2) is 6.10 Å². The van der Waals surface area contributed by atoms with E-state index < -0.39 is 59.5 Å². The van der Waals surface area contributed by atoms with E-state index in [1.54, 1.807) is 32.1 Å². The summed E-state index contributed by atoms with van der Waals surface area (Å²) in [6.45, 7) is 7.99. The number of nitrogens with two attached hydrogens (primary N) is 1. The van der Waals surface area contributed by atoms with Crippen LogP contribution in [0.5, 0.6) is 0 Å². The number of methoxy groups -OCH3 is 2. The molecule has 1 aliphatic heterocycles. The fourth-order valence-corrected chi connectivity index (χ4v) is 9.71. The molecule has 2 amide bonds. The Morgan fingerprint density at radius 2 is 1.74 bits per heavy atom. The van der Waals surface area contributed by atoms with Crippen LogP contribution in [0.3, 0.4) is 0 Å². The quantitative estimate of drug-likeness (QED) is 0.122. The fourth-order valence-electron chi connectivity index (χ4n) is 9.71. The molecule has 6 rings (SSSR count). The molecule has 0 saturated heterocycles. The van der Waals surface area contributed by atoms with Gasteiger partial charge in [-0.25, -0.2) is 4.79 Å². The number of fused-ring (bicyclic) bond motifs is 2. The maximum Gasteiger partial charge on any atom is 0.405 e. The molecule has 5 aliphatic carbocycles. The number of aliphatic hydroxyl groups excluding tert-OH is 1. The van der Waals surface area contributed by atoms with Gasteiger partial charge in [-0.1, -0.05) is 38.2 Å². The van der Waals surface area contributed by atoms with Crippen LogP contribution < -0.4 is 21.7 Å². The first-order valence-electron chi connectivity index (χ1n) is 18.9. The van der Waals surface area contributed by atoms with Crippen LogP contribution in [0.15, 0.2) is 58.5 Å². The average Bonchev–Trinajstić information content (AvgIpc) is 3.07. The summed E-state index contributed by atoms with van der Waals surface area (Å²) in [5.74, 6) is -1.07. The molecular weight excluding hydrogens is 680 g/mol. The second kappa shape index (κ2) is 16.8. The zero-order chi connectivity index (χ0) is 38.7. The Hall–Kier alpha value is -3.62. The van der Waals surface area contributed by atoms with E-state index in [2.05, 4.69) is 16.0 Å². The third-order valence-corrected chi connectivity index (χ3v) is 11.8. The molecule has 8 atom stereocenters. The lowest BCUT2D eigenvalue weighted by atomic mass is 9.51. The van der Waals surface area contributed by atoms with E-state index in [0.717, 1.165) is 38.2 Å². The summed E-state index contributed by atoms with van der Waals surface area (Å²) in [6.07, 6.45) is 9.58. The van der Waals surface area contributed by atoms with Gasteiger partial charge in [-0.15, -0.1) is 0 Å². The Morgan fingerprint density at radius 1 is 1.04 bits per heavy atom. The third kappa shape index (κ3) is 9.55. The number of amides is 2. The molecule has 0 radical (unpaired) electrons. The highest BCUT2D eigenvalue weighted by atomic mass is 16.6. The Labute approximate surface area is 312 Å². The molecule has 2 unspecified atom stereocenters. The van der Waals surface area contributed by atoms with Crippen LogP contribution in [0.1, 0.15) is 79.1 Å². The van der Waals surface area contributed by atoms with Crippen molar-refractivity contribution in [3.8, 4) is 0 Å². The largest absolute Gasteiger partial charge is 0.439 e. The SMILES string of the molecule is CO[C@H]1/C=C\C=C(/C)C(=O)NC2=CC(=O)C(NCCNC34CC5CC(CC(O)(C5)C3)C4)=C(C[C@@H](C)C[C@H](OC)[C@H](O)[C@@H](C)/C=C(\C)[C@@H]1OC(N)=O)C2=O. The first-order valence-corrected chi connectivity index (χ1v) is 18.9. The van der Waals surface area contributed by atoms with Crippen molar-refractivity contribution in [3.63, 3.8) is 0 Å². The first-order chi connectivity index (χ1) is 25.1. The number of Topliss-reactive ketones (excluding diaryl/α,β-unsaturated/α-hetero) is 1. The van der Waals surface area contributed by atoms with Crippen LogP contribution in [0.25, 0.3) is 0 Å². The minimum Gasteiger partial charge on any atom is -0.439 e. The number of rotatable bonds is 8. The van der Waals surface area contributed by atoms with Gasteiger partial charge in [-0.3, -0.25) is 14.4 Å². The summed E-state index contributed by atoms with van der Waals surface area (Å²) >= 11 is 0. The number of allylic oxidation sites excluding steroid dienone is 4. The van der Waals surface area contributed by atoms with Gasteiger partial charge in [-0.05, 0) is 88.5 Å². The van der Waals surface area contributed by atoms with Crippen molar-refractivity contribution in [1.29, 1.82) is 0 Å². The number of carbonyl (C=O) groups is 4. The second-order valence-electron chi connectivity index (χ2n) is 16.3. The molecule has 0 aromatic rings. The Bertz CT molecular complexity index is 1580. The first kappa shape index (κ1) is 40.6. The van der Waals surface area contributed by atoms with E-state index in [-0.39, 0.29) is 40.4 Å². The molecular formula is C40H58N4O9. The topological polar surface area (TPSA) is 199 Å². The van der Waals surface area contributed by atoms with Crippen molar-refractivity contribution in [2.75, 3.05) is 27.3 Å². The van der Waals surface area contributed by atoms with Crippen molar-refractivity contribution in [3.05, 3.63) is 58.5 Å². The highest BCUT2D eigenvalue weighted by Crippen LogP contribution is 2.57. The van der Waals surface area contributed by atoms with Crippen LogP contribution in [0, 0.1) is 23.7 Å². The van der Waals surface area contributed by atoms with E-state index in [1.807, 2.05) is 13.8 Å². The monoisotopic (exact) mass is 738 g/mol. The Morgan fingerprint density at radius 3 is 2.36 bits per heavy atom. The number of nitrogens with one attached hydrogen (secondary N) is 3. The van der Waals surface area contributed by atoms with Crippen molar-refractivity contribution < 1.29 is 43.6 Å². The molecule has 0 spiro atoms. The van der Waals surface area contributed by atoms with Crippen LogP contribution in [-0.2, 0) is 28.6 Å². The normalized spacial score (nSPS) is 39.4. The van der Waals surface area contributed by atoms with Crippen molar-refractivity contribution >= 4 is 23.6 Å².